The third kappa shape index (κ3) is 4.68. The number of amides is 1. The second-order valence-corrected chi connectivity index (χ2v) is 5.29. The van der Waals surface area contributed by atoms with Gasteiger partial charge >= 0.3 is 0 Å². The average Bonchev–Trinajstić information content (AvgIpc) is 2.57. The Morgan fingerprint density at radius 1 is 1.35 bits per heavy atom. The number of halogens is 1. The molecule has 2 rings (SSSR count). The van der Waals surface area contributed by atoms with E-state index < -0.39 is 0 Å². The standard InChI is InChI=1S/C17H19ClN2O3/c1-2-23-16-15(18)10-14(11-19-16)17(22)20(8-9-21)12-13-6-4-3-5-7-13/h3-7,10-11,21H,2,8-9,12H2,1H3. The van der Waals surface area contributed by atoms with Crippen molar-refractivity contribution < 1.29 is 14.6 Å². The number of aromatic nitrogens is 1. The summed E-state index contributed by atoms with van der Waals surface area (Å²) >= 11 is 6.09. The lowest BCUT2D eigenvalue weighted by atomic mass is 10.2. The number of ether oxygens (including phenoxy) is 1. The highest BCUT2D eigenvalue weighted by molar-refractivity contribution is 6.32. The predicted molar refractivity (Wildman–Crippen MR) is 88.7 cm³/mol. The van der Waals surface area contributed by atoms with Gasteiger partial charge in [-0.2, -0.15) is 0 Å². The van der Waals surface area contributed by atoms with E-state index in [1.165, 1.54) is 12.3 Å². The van der Waals surface area contributed by atoms with Gasteiger partial charge < -0.3 is 14.7 Å². The number of nitrogens with zero attached hydrogens (tertiary/aromatic N) is 2. The third-order valence-electron chi connectivity index (χ3n) is 3.21. The van der Waals surface area contributed by atoms with Crippen molar-refractivity contribution in [2.24, 2.45) is 0 Å². The fourth-order valence-electron chi connectivity index (χ4n) is 2.14. The summed E-state index contributed by atoms with van der Waals surface area (Å²) in [6.07, 6.45) is 1.44. The summed E-state index contributed by atoms with van der Waals surface area (Å²) in [4.78, 5) is 18.3. The lowest BCUT2D eigenvalue weighted by Crippen LogP contribution is -2.33. The molecule has 0 bridgehead atoms. The van der Waals surface area contributed by atoms with E-state index in [2.05, 4.69) is 4.98 Å². The molecule has 122 valence electrons. The second-order valence-electron chi connectivity index (χ2n) is 4.88. The van der Waals surface area contributed by atoms with Crippen molar-refractivity contribution >= 4 is 17.5 Å². The molecule has 2 aromatic rings. The Bertz CT molecular complexity index is 650. The van der Waals surface area contributed by atoms with E-state index in [1.54, 1.807) is 4.90 Å². The van der Waals surface area contributed by atoms with Gasteiger partial charge in [0.25, 0.3) is 5.91 Å². The molecular weight excluding hydrogens is 316 g/mol. The van der Waals surface area contributed by atoms with E-state index in [0.717, 1.165) is 5.56 Å². The van der Waals surface area contributed by atoms with Crippen LogP contribution in [0.2, 0.25) is 5.02 Å². The summed E-state index contributed by atoms with van der Waals surface area (Å²) in [7, 11) is 0. The first-order valence-corrected chi connectivity index (χ1v) is 7.76. The van der Waals surface area contributed by atoms with Gasteiger partial charge in [0.1, 0.15) is 5.02 Å². The zero-order valence-electron chi connectivity index (χ0n) is 12.9. The van der Waals surface area contributed by atoms with Gasteiger partial charge in [-0.25, -0.2) is 4.98 Å². The molecule has 1 amide bonds. The average molecular weight is 335 g/mol. The molecule has 0 spiro atoms. The maximum atomic E-state index is 12.6. The van der Waals surface area contributed by atoms with Crippen molar-refractivity contribution in [1.82, 2.24) is 9.88 Å². The number of carbonyl (C=O) groups excluding carboxylic acids is 1. The monoisotopic (exact) mass is 334 g/mol. The molecule has 0 saturated carbocycles. The first-order chi connectivity index (χ1) is 11.2. The summed E-state index contributed by atoms with van der Waals surface area (Å²) in [6.45, 7) is 2.81. The molecule has 0 atom stereocenters. The highest BCUT2D eigenvalue weighted by Crippen LogP contribution is 2.23. The number of hydrogen-bond donors (Lipinski definition) is 1. The SMILES string of the molecule is CCOc1ncc(C(=O)N(CCO)Cc2ccccc2)cc1Cl. The smallest absolute Gasteiger partial charge is 0.255 e. The van der Waals surface area contributed by atoms with E-state index in [9.17, 15) is 9.90 Å². The van der Waals surface area contributed by atoms with Crippen molar-refractivity contribution in [3.8, 4) is 5.88 Å². The minimum absolute atomic E-state index is 0.114. The molecule has 1 heterocycles. The van der Waals surface area contributed by atoms with Crippen LogP contribution < -0.4 is 4.74 Å². The number of aliphatic hydroxyl groups excluding tert-OH is 1. The third-order valence-corrected chi connectivity index (χ3v) is 3.48. The van der Waals surface area contributed by atoms with Crippen LogP contribution in [0.25, 0.3) is 0 Å². The van der Waals surface area contributed by atoms with Crippen LogP contribution in [0.3, 0.4) is 0 Å². The Labute approximate surface area is 140 Å². The van der Waals surface area contributed by atoms with Crippen LogP contribution in [-0.2, 0) is 6.54 Å². The van der Waals surface area contributed by atoms with Gasteiger partial charge in [0.2, 0.25) is 5.88 Å². The summed E-state index contributed by atoms with van der Waals surface area (Å²) in [5.41, 5.74) is 1.35. The Morgan fingerprint density at radius 3 is 2.70 bits per heavy atom. The second kappa shape index (κ2) is 8.50. The van der Waals surface area contributed by atoms with Crippen LogP contribution in [-0.4, -0.2) is 40.7 Å². The van der Waals surface area contributed by atoms with Crippen LogP contribution in [0, 0.1) is 0 Å². The Balaban J connectivity index is 2.18. The first-order valence-electron chi connectivity index (χ1n) is 7.38. The molecule has 0 unspecified atom stereocenters. The summed E-state index contributed by atoms with van der Waals surface area (Å²) in [5, 5.41) is 9.52. The molecule has 0 radical (unpaired) electrons. The number of rotatable bonds is 7. The number of carbonyl (C=O) groups is 1. The molecule has 1 N–H and O–H groups in total. The fourth-order valence-corrected chi connectivity index (χ4v) is 2.37. The Morgan fingerprint density at radius 2 is 2.09 bits per heavy atom. The lowest BCUT2D eigenvalue weighted by Gasteiger charge is -2.22. The normalized spacial score (nSPS) is 10.4. The number of hydrogen-bond acceptors (Lipinski definition) is 4. The summed E-state index contributed by atoms with van der Waals surface area (Å²) in [6, 6.07) is 11.1. The molecule has 5 nitrogen and oxygen atoms in total. The van der Waals surface area contributed by atoms with Crippen molar-refractivity contribution in [3.05, 3.63) is 58.7 Å². The zero-order valence-corrected chi connectivity index (χ0v) is 13.7. The number of pyridine rings is 1. The quantitative estimate of drug-likeness (QED) is 0.845. The van der Waals surface area contributed by atoms with Crippen LogP contribution in [0.5, 0.6) is 5.88 Å². The fraction of sp³-hybridized carbons (Fsp3) is 0.294. The van der Waals surface area contributed by atoms with Crippen molar-refractivity contribution in [2.45, 2.75) is 13.5 Å². The van der Waals surface area contributed by atoms with E-state index >= 15 is 0 Å². The Hall–Kier alpha value is -2.11. The molecule has 1 aromatic heterocycles. The number of aliphatic hydroxyl groups is 1. The van der Waals surface area contributed by atoms with E-state index in [-0.39, 0.29) is 19.1 Å². The maximum Gasteiger partial charge on any atom is 0.255 e. The van der Waals surface area contributed by atoms with E-state index in [1.807, 2.05) is 37.3 Å². The van der Waals surface area contributed by atoms with Gasteiger partial charge in [0, 0.05) is 19.3 Å². The van der Waals surface area contributed by atoms with Crippen LogP contribution in [0.4, 0.5) is 0 Å². The van der Waals surface area contributed by atoms with Crippen molar-refractivity contribution in [2.75, 3.05) is 19.8 Å². The van der Waals surface area contributed by atoms with Gasteiger partial charge in [-0.05, 0) is 18.6 Å². The molecule has 23 heavy (non-hydrogen) atoms. The van der Waals surface area contributed by atoms with Gasteiger partial charge in [-0.3, -0.25) is 4.79 Å². The zero-order chi connectivity index (χ0) is 16.7. The van der Waals surface area contributed by atoms with E-state index in [4.69, 9.17) is 16.3 Å². The van der Waals surface area contributed by atoms with E-state index in [0.29, 0.717) is 29.6 Å². The molecular formula is C17H19ClN2O3. The molecule has 6 heteroatoms. The highest BCUT2D eigenvalue weighted by atomic mass is 35.5. The molecule has 1 aromatic carbocycles. The minimum atomic E-state index is -0.236. The molecule has 0 fully saturated rings. The topological polar surface area (TPSA) is 62.7 Å². The molecule has 0 aliphatic carbocycles. The summed E-state index contributed by atoms with van der Waals surface area (Å²) < 4.78 is 5.27. The minimum Gasteiger partial charge on any atom is -0.477 e. The predicted octanol–water partition coefficient (Wildman–Crippen LogP) is 2.77. The molecule has 0 saturated heterocycles. The largest absolute Gasteiger partial charge is 0.477 e. The van der Waals surface area contributed by atoms with Gasteiger partial charge in [-0.1, -0.05) is 41.9 Å². The van der Waals surface area contributed by atoms with Crippen LogP contribution in [0.1, 0.15) is 22.8 Å². The van der Waals surface area contributed by atoms with Gasteiger partial charge in [0.05, 0.1) is 18.8 Å². The summed E-state index contributed by atoms with van der Waals surface area (Å²) in [5.74, 6) is 0.0721. The van der Waals surface area contributed by atoms with Crippen molar-refractivity contribution in [1.29, 1.82) is 0 Å². The highest BCUT2D eigenvalue weighted by Gasteiger charge is 2.18. The van der Waals surface area contributed by atoms with Crippen LogP contribution >= 0.6 is 11.6 Å². The van der Waals surface area contributed by atoms with Crippen molar-refractivity contribution in [3.63, 3.8) is 0 Å². The number of benzene rings is 1. The lowest BCUT2D eigenvalue weighted by molar-refractivity contribution is 0.0707. The maximum absolute atomic E-state index is 12.6. The molecule has 0 aliphatic heterocycles. The van der Waals surface area contributed by atoms with Gasteiger partial charge in [0.15, 0.2) is 0 Å². The Kier molecular flexibility index (Phi) is 6.38. The molecule has 0 aliphatic rings. The first kappa shape index (κ1) is 17.2. The van der Waals surface area contributed by atoms with Crippen LogP contribution in [0.15, 0.2) is 42.6 Å². The van der Waals surface area contributed by atoms with Gasteiger partial charge in [-0.15, -0.1) is 0 Å².